The van der Waals surface area contributed by atoms with Crippen LogP contribution in [-0.4, -0.2) is 33.7 Å². The van der Waals surface area contributed by atoms with Crippen LogP contribution in [0, 0.1) is 0 Å². The Bertz CT molecular complexity index is 1210. The lowest BCUT2D eigenvalue weighted by Crippen LogP contribution is -2.24. The summed E-state index contributed by atoms with van der Waals surface area (Å²) < 4.78 is 7.29. The molecule has 1 aromatic heterocycles. The molecule has 0 unspecified atom stereocenters. The minimum Gasteiger partial charge on any atom is -0.484 e. The highest BCUT2D eigenvalue weighted by molar-refractivity contribution is 5.84. The SMILES string of the molecule is O=C(COc1ccc2ccccc2c1)N/N=C/C=C/c1cn(Cc2ccccc2)nn1. The fourth-order valence-corrected chi connectivity index (χ4v) is 2.97. The van der Waals surface area contributed by atoms with Gasteiger partial charge in [-0.1, -0.05) is 65.9 Å². The number of ether oxygens (including phenoxy) is 1. The molecule has 31 heavy (non-hydrogen) atoms. The van der Waals surface area contributed by atoms with Crippen LogP contribution in [0.25, 0.3) is 16.8 Å². The second-order valence-electron chi connectivity index (χ2n) is 6.80. The predicted molar refractivity (Wildman–Crippen MR) is 121 cm³/mol. The lowest BCUT2D eigenvalue weighted by molar-refractivity contribution is -0.123. The van der Waals surface area contributed by atoms with E-state index in [0.717, 1.165) is 16.3 Å². The lowest BCUT2D eigenvalue weighted by Gasteiger charge is -2.06. The first kappa shape index (κ1) is 20.0. The molecule has 4 rings (SSSR count). The molecule has 0 saturated carbocycles. The number of nitrogens with one attached hydrogen (secondary N) is 1. The van der Waals surface area contributed by atoms with Gasteiger partial charge in [0.1, 0.15) is 11.4 Å². The van der Waals surface area contributed by atoms with Crippen molar-refractivity contribution in [3.05, 3.63) is 96.3 Å². The van der Waals surface area contributed by atoms with Gasteiger partial charge in [-0.05, 0) is 40.6 Å². The van der Waals surface area contributed by atoms with Crippen LogP contribution in [0.5, 0.6) is 5.75 Å². The quantitative estimate of drug-likeness (QED) is 0.354. The number of fused-ring (bicyclic) bond motifs is 1. The minimum atomic E-state index is -0.341. The monoisotopic (exact) mass is 411 g/mol. The van der Waals surface area contributed by atoms with Gasteiger partial charge in [0.25, 0.3) is 5.91 Å². The number of nitrogens with zero attached hydrogens (tertiary/aromatic N) is 4. The Labute approximate surface area is 179 Å². The molecule has 7 nitrogen and oxygen atoms in total. The highest BCUT2D eigenvalue weighted by atomic mass is 16.5. The molecule has 0 saturated heterocycles. The van der Waals surface area contributed by atoms with E-state index in [4.69, 9.17) is 4.74 Å². The molecule has 7 heteroatoms. The normalized spacial score (nSPS) is 11.4. The fourth-order valence-electron chi connectivity index (χ4n) is 2.97. The fraction of sp³-hybridized carbons (Fsp3) is 0.0833. The average molecular weight is 411 g/mol. The van der Waals surface area contributed by atoms with Crippen molar-refractivity contribution < 1.29 is 9.53 Å². The van der Waals surface area contributed by atoms with Gasteiger partial charge in [-0.2, -0.15) is 5.10 Å². The molecule has 3 aromatic carbocycles. The zero-order valence-corrected chi connectivity index (χ0v) is 16.8. The van der Waals surface area contributed by atoms with Gasteiger partial charge in [-0.25, -0.2) is 10.1 Å². The van der Waals surface area contributed by atoms with E-state index in [0.29, 0.717) is 18.0 Å². The van der Waals surface area contributed by atoms with Crippen LogP contribution in [0.4, 0.5) is 0 Å². The van der Waals surface area contributed by atoms with Crippen LogP contribution < -0.4 is 10.2 Å². The Morgan fingerprint density at radius 2 is 1.84 bits per heavy atom. The van der Waals surface area contributed by atoms with Crippen LogP contribution in [-0.2, 0) is 11.3 Å². The maximum Gasteiger partial charge on any atom is 0.277 e. The highest BCUT2D eigenvalue weighted by Crippen LogP contribution is 2.20. The van der Waals surface area contributed by atoms with Gasteiger partial charge in [0, 0.05) is 6.21 Å². The van der Waals surface area contributed by atoms with E-state index in [1.54, 1.807) is 16.8 Å². The maximum absolute atomic E-state index is 11.9. The van der Waals surface area contributed by atoms with E-state index in [2.05, 4.69) is 20.8 Å². The Kier molecular flexibility index (Phi) is 6.45. The number of carbonyl (C=O) groups is 1. The van der Waals surface area contributed by atoms with Crippen molar-refractivity contribution in [1.29, 1.82) is 0 Å². The third kappa shape index (κ3) is 5.86. The summed E-state index contributed by atoms with van der Waals surface area (Å²) in [5.74, 6) is 0.294. The molecule has 154 valence electrons. The van der Waals surface area contributed by atoms with Crippen LogP contribution in [0.15, 0.2) is 90.2 Å². The lowest BCUT2D eigenvalue weighted by atomic mass is 10.1. The second kappa shape index (κ2) is 9.98. The van der Waals surface area contributed by atoms with E-state index in [9.17, 15) is 4.79 Å². The van der Waals surface area contributed by atoms with Crippen molar-refractivity contribution in [1.82, 2.24) is 20.4 Å². The van der Waals surface area contributed by atoms with Crippen molar-refractivity contribution in [2.24, 2.45) is 5.10 Å². The van der Waals surface area contributed by atoms with Crippen molar-refractivity contribution in [2.45, 2.75) is 6.54 Å². The van der Waals surface area contributed by atoms with Gasteiger partial charge in [0.15, 0.2) is 6.61 Å². The Hall–Kier alpha value is -4.26. The van der Waals surface area contributed by atoms with Gasteiger partial charge >= 0.3 is 0 Å². The summed E-state index contributed by atoms with van der Waals surface area (Å²) in [5, 5.41) is 14.2. The molecule has 1 N–H and O–H groups in total. The van der Waals surface area contributed by atoms with Gasteiger partial charge in [-0.15, -0.1) is 5.10 Å². The largest absolute Gasteiger partial charge is 0.484 e. The molecule has 4 aromatic rings. The van der Waals surface area contributed by atoms with E-state index in [-0.39, 0.29) is 12.5 Å². The van der Waals surface area contributed by atoms with Gasteiger partial charge in [-0.3, -0.25) is 4.79 Å². The number of carbonyl (C=O) groups excluding carboxylic acids is 1. The third-order valence-corrected chi connectivity index (χ3v) is 4.45. The van der Waals surface area contributed by atoms with Crippen molar-refractivity contribution in [3.8, 4) is 5.75 Å². The molecule has 0 aliphatic heterocycles. The molecule has 0 spiro atoms. The zero-order chi connectivity index (χ0) is 21.3. The number of rotatable bonds is 8. The van der Waals surface area contributed by atoms with Gasteiger partial charge < -0.3 is 4.74 Å². The molecule has 1 amide bonds. The molecular formula is C24H21N5O2. The van der Waals surface area contributed by atoms with Crippen molar-refractivity contribution in [3.63, 3.8) is 0 Å². The van der Waals surface area contributed by atoms with Gasteiger partial charge in [0.05, 0.1) is 12.7 Å². The number of hydrogen-bond acceptors (Lipinski definition) is 5. The second-order valence-corrected chi connectivity index (χ2v) is 6.80. The van der Waals surface area contributed by atoms with E-state index in [1.807, 2.05) is 79.0 Å². The summed E-state index contributed by atoms with van der Waals surface area (Å²) in [5.41, 5.74) is 4.28. The van der Waals surface area contributed by atoms with E-state index < -0.39 is 0 Å². The first-order chi connectivity index (χ1) is 15.3. The minimum absolute atomic E-state index is 0.118. The van der Waals surface area contributed by atoms with E-state index >= 15 is 0 Å². The molecule has 0 aliphatic carbocycles. The number of allylic oxidation sites excluding steroid dienone is 1. The molecule has 0 fully saturated rings. The standard InChI is InChI=1S/C24H21N5O2/c30-24(18-31-23-13-12-20-9-4-5-10-21(20)15-23)27-25-14-6-11-22-17-29(28-26-22)16-19-7-2-1-3-8-19/h1-15,17H,16,18H2,(H,27,30)/b11-6+,25-14+. The Morgan fingerprint density at radius 3 is 2.71 bits per heavy atom. The van der Waals surface area contributed by atoms with Crippen LogP contribution in [0.2, 0.25) is 0 Å². The molecular weight excluding hydrogens is 390 g/mol. The number of hydrogen-bond donors (Lipinski definition) is 1. The molecule has 0 radical (unpaired) electrons. The Balaban J connectivity index is 1.21. The summed E-state index contributed by atoms with van der Waals surface area (Å²) in [6, 6.07) is 23.7. The average Bonchev–Trinajstić information content (AvgIpc) is 3.25. The molecule has 0 aliphatic rings. The number of hydrazone groups is 1. The molecule has 0 bridgehead atoms. The topological polar surface area (TPSA) is 81.4 Å². The number of benzene rings is 3. The number of amides is 1. The van der Waals surface area contributed by atoms with Crippen LogP contribution >= 0.6 is 0 Å². The third-order valence-electron chi connectivity index (χ3n) is 4.45. The van der Waals surface area contributed by atoms with Gasteiger partial charge in [0.2, 0.25) is 0 Å². The van der Waals surface area contributed by atoms with Crippen molar-refractivity contribution in [2.75, 3.05) is 6.61 Å². The smallest absolute Gasteiger partial charge is 0.277 e. The summed E-state index contributed by atoms with van der Waals surface area (Å²) in [6.07, 6.45) is 6.76. The summed E-state index contributed by atoms with van der Waals surface area (Å²) in [7, 11) is 0. The first-order valence-corrected chi connectivity index (χ1v) is 9.80. The first-order valence-electron chi connectivity index (χ1n) is 9.80. The molecule has 0 atom stereocenters. The highest BCUT2D eigenvalue weighted by Gasteiger charge is 2.02. The summed E-state index contributed by atoms with van der Waals surface area (Å²) >= 11 is 0. The van der Waals surface area contributed by atoms with Crippen LogP contribution in [0.1, 0.15) is 11.3 Å². The zero-order valence-electron chi connectivity index (χ0n) is 16.8. The van der Waals surface area contributed by atoms with Crippen molar-refractivity contribution >= 4 is 29.0 Å². The van der Waals surface area contributed by atoms with E-state index in [1.165, 1.54) is 6.21 Å². The summed E-state index contributed by atoms with van der Waals surface area (Å²) in [4.78, 5) is 11.9. The number of aromatic nitrogens is 3. The summed E-state index contributed by atoms with van der Waals surface area (Å²) in [6.45, 7) is 0.538. The molecule has 1 heterocycles. The maximum atomic E-state index is 11.9. The van der Waals surface area contributed by atoms with Crippen LogP contribution in [0.3, 0.4) is 0 Å². The predicted octanol–water partition coefficient (Wildman–Crippen LogP) is 3.67. The Morgan fingerprint density at radius 1 is 1.03 bits per heavy atom.